The van der Waals surface area contributed by atoms with Crippen molar-refractivity contribution in [2.45, 2.75) is 44.7 Å². The van der Waals surface area contributed by atoms with Gasteiger partial charge in [-0.2, -0.15) is 0 Å². The van der Waals surface area contributed by atoms with Gasteiger partial charge in [0, 0.05) is 18.7 Å². The normalized spacial score (nSPS) is 19.3. The summed E-state index contributed by atoms with van der Waals surface area (Å²) in [5.74, 6) is 0.584. The monoisotopic (exact) mass is 457 g/mol. The average Bonchev–Trinajstić information content (AvgIpc) is 3.04. The van der Waals surface area contributed by atoms with Crippen LogP contribution in [0.15, 0.2) is 54.6 Å². The molecule has 2 heterocycles. The van der Waals surface area contributed by atoms with E-state index in [1.54, 1.807) is 12.1 Å². The number of aryl methyl sites for hydroxylation is 1. The second-order valence-corrected chi connectivity index (χ2v) is 9.36. The molecule has 5 N–H and O–H groups in total. The summed E-state index contributed by atoms with van der Waals surface area (Å²) >= 11 is 0. The van der Waals surface area contributed by atoms with Gasteiger partial charge in [-0.25, -0.2) is 0 Å². The molecule has 0 bridgehead atoms. The van der Waals surface area contributed by atoms with Crippen LogP contribution < -0.4 is 16.0 Å². The molecule has 0 saturated heterocycles. The van der Waals surface area contributed by atoms with Gasteiger partial charge in [0.15, 0.2) is 0 Å². The number of aromatic hydroxyl groups is 2. The van der Waals surface area contributed by atoms with Crippen molar-refractivity contribution >= 4 is 11.6 Å². The van der Waals surface area contributed by atoms with E-state index in [-0.39, 0.29) is 23.7 Å². The number of benzene rings is 3. The molecule has 5 rings (SSSR count). The number of amides is 1. The third kappa shape index (κ3) is 4.59. The van der Waals surface area contributed by atoms with Gasteiger partial charge in [-0.3, -0.25) is 4.79 Å². The van der Waals surface area contributed by atoms with Crippen LogP contribution in [0, 0.1) is 6.92 Å². The highest BCUT2D eigenvalue weighted by Gasteiger charge is 2.28. The largest absolute Gasteiger partial charge is 0.508 e. The second-order valence-electron chi connectivity index (χ2n) is 9.36. The van der Waals surface area contributed by atoms with Crippen molar-refractivity contribution in [3.63, 3.8) is 0 Å². The second kappa shape index (κ2) is 9.39. The molecule has 6 heteroatoms. The topological polar surface area (TPSA) is 93.6 Å². The summed E-state index contributed by atoms with van der Waals surface area (Å²) in [5, 5.41) is 30.3. The zero-order valence-corrected chi connectivity index (χ0v) is 19.4. The van der Waals surface area contributed by atoms with Crippen LogP contribution in [0.3, 0.4) is 0 Å². The summed E-state index contributed by atoms with van der Waals surface area (Å²) < 4.78 is 0. The summed E-state index contributed by atoms with van der Waals surface area (Å²) in [7, 11) is 0. The van der Waals surface area contributed by atoms with Crippen LogP contribution in [0.1, 0.15) is 45.8 Å². The van der Waals surface area contributed by atoms with Crippen molar-refractivity contribution in [2.75, 3.05) is 18.4 Å². The van der Waals surface area contributed by atoms with Crippen LogP contribution in [0.5, 0.6) is 11.5 Å². The summed E-state index contributed by atoms with van der Waals surface area (Å²) in [6, 6.07) is 16.9. The first-order chi connectivity index (χ1) is 16.5. The van der Waals surface area contributed by atoms with Crippen LogP contribution in [0.4, 0.5) is 5.69 Å². The van der Waals surface area contributed by atoms with E-state index in [1.165, 1.54) is 0 Å². The molecule has 6 nitrogen and oxygen atoms in total. The van der Waals surface area contributed by atoms with Gasteiger partial charge in [-0.15, -0.1) is 0 Å². The van der Waals surface area contributed by atoms with Crippen molar-refractivity contribution in [3.05, 3.63) is 88.0 Å². The molecule has 0 saturated carbocycles. The number of nitrogens with one attached hydrogen (secondary N) is 3. The maximum absolute atomic E-state index is 13.4. The lowest BCUT2D eigenvalue weighted by Crippen LogP contribution is -2.47. The molecule has 2 aliphatic heterocycles. The molecule has 0 aliphatic carbocycles. The van der Waals surface area contributed by atoms with Crippen molar-refractivity contribution in [1.82, 2.24) is 10.6 Å². The Hall–Kier alpha value is -3.51. The fourth-order valence-electron chi connectivity index (χ4n) is 5.21. The minimum absolute atomic E-state index is 0.00396. The van der Waals surface area contributed by atoms with E-state index in [2.05, 4.69) is 34.1 Å². The molecule has 2 atom stereocenters. The van der Waals surface area contributed by atoms with Gasteiger partial charge in [-0.1, -0.05) is 30.3 Å². The van der Waals surface area contributed by atoms with E-state index in [4.69, 9.17) is 0 Å². The molecule has 0 aromatic heterocycles. The van der Waals surface area contributed by atoms with Gasteiger partial charge in [0.2, 0.25) is 5.91 Å². The summed E-state index contributed by atoms with van der Waals surface area (Å²) in [6.07, 6.45) is 2.85. The van der Waals surface area contributed by atoms with Gasteiger partial charge < -0.3 is 26.2 Å². The first-order valence-electron chi connectivity index (χ1n) is 12.0. The zero-order chi connectivity index (χ0) is 23.7. The maximum Gasteiger partial charge on any atom is 0.237 e. The average molecular weight is 458 g/mol. The molecule has 3 aromatic carbocycles. The summed E-state index contributed by atoms with van der Waals surface area (Å²) in [5.41, 5.74) is 7.40. The Morgan fingerprint density at radius 2 is 1.94 bits per heavy atom. The van der Waals surface area contributed by atoms with Crippen molar-refractivity contribution in [2.24, 2.45) is 0 Å². The molecular weight excluding hydrogens is 426 g/mol. The van der Waals surface area contributed by atoms with E-state index in [1.807, 2.05) is 31.2 Å². The predicted octanol–water partition coefficient (Wildman–Crippen LogP) is 3.73. The van der Waals surface area contributed by atoms with E-state index in [9.17, 15) is 15.0 Å². The SMILES string of the molecule is Cc1cc(O)cc2c1CC(C(=O)NC1CCNc3ccc(Cc4ccccc4O)cc31)NCC2. The zero-order valence-electron chi connectivity index (χ0n) is 19.4. The lowest BCUT2D eigenvalue weighted by molar-refractivity contribution is -0.123. The minimum atomic E-state index is -0.313. The third-order valence-electron chi connectivity index (χ3n) is 7.00. The molecule has 0 radical (unpaired) electrons. The number of carbonyl (C=O) groups is 1. The Kier molecular flexibility index (Phi) is 6.16. The first kappa shape index (κ1) is 22.3. The molecular formula is C28H31N3O3. The molecule has 0 fully saturated rings. The molecule has 2 unspecified atom stereocenters. The number of rotatable bonds is 4. The minimum Gasteiger partial charge on any atom is -0.508 e. The van der Waals surface area contributed by atoms with E-state index in [0.717, 1.165) is 58.5 Å². The Morgan fingerprint density at radius 3 is 2.79 bits per heavy atom. The molecule has 3 aromatic rings. The lowest BCUT2D eigenvalue weighted by atomic mass is 9.92. The number of para-hydroxylation sites is 1. The smallest absolute Gasteiger partial charge is 0.237 e. The Labute approximate surface area is 200 Å². The van der Waals surface area contributed by atoms with Crippen LogP contribution in [-0.4, -0.2) is 35.3 Å². The van der Waals surface area contributed by atoms with E-state index >= 15 is 0 Å². The number of phenolic OH excluding ortho intramolecular Hbond substituents is 2. The molecule has 1 amide bonds. The highest BCUT2D eigenvalue weighted by molar-refractivity contribution is 5.83. The number of carbonyl (C=O) groups excluding carboxylic acids is 1. The van der Waals surface area contributed by atoms with Crippen LogP contribution >= 0.6 is 0 Å². The van der Waals surface area contributed by atoms with Gasteiger partial charge >= 0.3 is 0 Å². The molecule has 34 heavy (non-hydrogen) atoms. The predicted molar refractivity (Wildman–Crippen MR) is 133 cm³/mol. The van der Waals surface area contributed by atoms with Gasteiger partial charge in [0.1, 0.15) is 11.5 Å². The van der Waals surface area contributed by atoms with Gasteiger partial charge in [0.05, 0.1) is 12.1 Å². The van der Waals surface area contributed by atoms with Crippen molar-refractivity contribution < 1.29 is 15.0 Å². The molecule has 176 valence electrons. The highest BCUT2D eigenvalue weighted by atomic mass is 16.3. The maximum atomic E-state index is 13.4. The van der Waals surface area contributed by atoms with Gasteiger partial charge in [0.25, 0.3) is 0 Å². The number of phenols is 2. The Bertz CT molecular complexity index is 1220. The fourth-order valence-corrected chi connectivity index (χ4v) is 5.21. The molecule has 2 aliphatic rings. The summed E-state index contributed by atoms with van der Waals surface area (Å²) in [4.78, 5) is 13.4. The number of anilines is 1. The van der Waals surface area contributed by atoms with E-state index in [0.29, 0.717) is 25.1 Å². The molecule has 0 spiro atoms. The fraction of sp³-hybridized carbons (Fsp3) is 0.321. The van der Waals surface area contributed by atoms with Crippen molar-refractivity contribution in [3.8, 4) is 11.5 Å². The van der Waals surface area contributed by atoms with Crippen LogP contribution in [0.25, 0.3) is 0 Å². The number of fused-ring (bicyclic) bond motifs is 2. The van der Waals surface area contributed by atoms with Crippen molar-refractivity contribution in [1.29, 1.82) is 0 Å². The number of hydrogen-bond donors (Lipinski definition) is 5. The quantitative estimate of drug-likeness (QED) is 0.412. The van der Waals surface area contributed by atoms with Gasteiger partial charge in [-0.05, 0) is 90.4 Å². The van der Waals surface area contributed by atoms with Crippen LogP contribution in [-0.2, 0) is 24.1 Å². The Balaban J connectivity index is 1.34. The summed E-state index contributed by atoms with van der Waals surface area (Å²) in [6.45, 7) is 3.49. The lowest BCUT2D eigenvalue weighted by Gasteiger charge is -2.29. The Morgan fingerprint density at radius 1 is 1.09 bits per heavy atom. The third-order valence-corrected chi connectivity index (χ3v) is 7.00. The highest BCUT2D eigenvalue weighted by Crippen LogP contribution is 2.32. The van der Waals surface area contributed by atoms with E-state index < -0.39 is 0 Å². The standard InChI is InChI=1S/C28H31N3O3/c1-17-12-21(32)15-19-8-10-30-26(16-22(17)19)28(34)31-25-9-11-29-24-7-6-18(14-23(24)25)13-20-4-2-3-5-27(20)33/h2-7,12,14-15,25-26,29-30,32-33H,8-11,13,16H2,1H3,(H,31,34). The first-order valence-corrected chi connectivity index (χ1v) is 12.0. The van der Waals surface area contributed by atoms with Crippen LogP contribution in [0.2, 0.25) is 0 Å². The number of hydrogen-bond acceptors (Lipinski definition) is 5.